The van der Waals surface area contributed by atoms with E-state index in [4.69, 9.17) is 4.74 Å². The van der Waals surface area contributed by atoms with Gasteiger partial charge in [0.25, 0.3) is 0 Å². The number of piperidine rings is 1. The molecular formula is C18H23FN2O. The van der Waals surface area contributed by atoms with Gasteiger partial charge in [-0.15, -0.1) is 0 Å². The normalized spacial score (nSPS) is 16.4. The maximum Gasteiger partial charge on any atom is 0.149 e. The average molecular weight is 302 g/mol. The zero-order valence-corrected chi connectivity index (χ0v) is 13.3. The van der Waals surface area contributed by atoms with E-state index < -0.39 is 0 Å². The molecule has 1 aromatic carbocycles. The SMILES string of the molecule is CCOCC1CCN(c2cc(C)nc3c(F)cccc23)CC1. The zero-order chi connectivity index (χ0) is 15.5. The fraction of sp³-hybridized carbons (Fsp3) is 0.500. The number of pyridine rings is 1. The average Bonchev–Trinajstić information content (AvgIpc) is 2.54. The molecule has 1 aliphatic heterocycles. The summed E-state index contributed by atoms with van der Waals surface area (Å²) in [6.45, 7) is 7.59. The van der Waals surface area contributed by atoms with Gasteiger partial charge in [0, 0.05) is 43.1 Å². The molecule has 118 valence electrons. The van der Waals surface area contributed by atoms with E-state index in [0.717, 1.165) is 55.9 Å². The second-order valence-corrected chi connectivity index (χ2v) is 6.01. The third-order valence-corrected chi connectivity index (χ3v) is 4.41. The molecule has 22 heavy (non-hydrogen) atoms. The molecule has 0 spiro atoms. The van der Waals surface area contributed by atoms with Gasteiger partial charge in [-0.05, 0) is 44.7 Å². The van der Waals surface area contributed by atoms with E-state index >= 15 is 0 Å². The Balaban J connectivity index is 1.84. The molecule has 1 fully saturated rings. The minimum Gasteiger partial charge on any atom is -0.381 e. The summed E-state index contributed by atoms with van der Waals surface area (Å²) in [4.78, 5) is 6.72. The lowest BCUT2D eigenvalue weighted by atomic mass is 9.97. The number of fused-ring (bicyclic) bond motifs is 1. The van der Waals surface area contributed by atoms with Gasteiger partial charge in [-0.1, -0.05) is 12.1 Å². The standard InChI is InChI=1S/C18H23FN2O/c1-3-22-12-14-7-9-21(10-8-14)17-11-13(2)20-18-15(17)5-4-6-16(18)19/h4-6,11,14H,3,7-10,12H2,1-2H3. The van der Waals surface area contributed by atoms with Crippen LogP contribution in [-0.2, 0) is 4.74 Å². The lowest BCUT2D eigenvalue weighted by molar-refractivity contribution is 0.100. The van der Waals surface area contributed by atoms with Crippen LogP contribution < -0.4 is 4.90 Å². The van der Waals surface area contributed by atoms with Crippen molar-refractivity contribution in [3.05, 3.63) is 35.8 Å². The van der Waals surface area contributed by atoms with Crippen LogP contribution in [0.2, 0.25) is 0 Å². The molecule has 3 nitrogen and oxygen atoms in total. The zero-order valence-electron chi connectivity index (χ0n) is 13.3. The molecule has 0 atom stereocenters. The van der Waals surface area contributed by atoms with E-state index in [9.17, 15) is 4.39 Å². The molecule has 1 aromatic heterocycles. The lowest BCUT2D eigenvalue weighted by Crippen LogP contribution is -2.35. The molecule has 1 saturated heterocycles. The quantitative estimate of drug-likeness (QED) is 0.855. The first-order valence-electron chi connectivity index (χ1n) is 8.07. The second-order valence-electron chi connectivity index (χ2n) is 6.01. The number of rotatable bonds is 4. The number of hydrogen-bond donors (Lipinski definition) is 0. The fourth-order valence-electron chi connectivity index (χ4n) is 3.21. The summed E-state index contributed by atoms with van der Waals surface area (Å²) in [6, 6.07) is 7.28. The van der Waals surface area contributed by atoms with E-state index in [1.165, 1.54) is 6.07 Å². The van der Waals surface area contributed by atoms with Crippen LogP contribution in [0.25, 0.3) is 10.9 Å². The van der Waals surface area contributed by atoms with Gasteiger partial charge < -0.3 is 9.64 Å². The number of anilines is 1. The maximum absolute atomic E-state index is 14.0. The number of ether oxygens (including phenoxy) is 1. The summed E-state index contributed by atoms with van der Waals surface area (Å²) in [5.74, 6) is 0.399. The highest BCUT2D eigenvalue weighted by Crippen LogP contribution is 2.31. The van der Waals surface area contributed by atoms with Crippen LogP contribution >= 0.6 is 0 Å². The highest BCUT2D eigenvalue weighted by molar-refractivity contribution is 5.92. The predicted octanol–water partition coefficient (Wildman–Crippen LogP) is 3.94. The van der Waals surface area contributed by atoms with E-state index in [1.807, 2.05) is 19.9 Å². The Bertz CT molecular complexity index is 651. The largest absolute Gasteiger partial charge is 0.381 e. The Morgan fingerprint density at radius 2 is 2.09 bits per heavy atom. The molecule has 0 aliphatic carbocycles. The van der Waals surface area contributed by atoms with Gasteiger partial charge in [0.15, 0.2) is 0 Å². The number of hydrogen-bond acceptors (Lipinski definition) is 3. The van der Waals surface area contributed by atoms with Crippen molar-refractivity contribution in [1.29, 1.82) is 0 Å². The van der Waals surface area contributed by atoms with Gasteiger partial charge in [-0.3, -0.25) is 0 Å². The van der Waals surface area contributed by atoms with Crippen molar-refractivity contribution < 1.29 is 9.13 Å². The van der Waals surface area contributed by atoms with Crippen LogP contribution in [0.3, 0.4) is 0 Å². The van der Waals surface area contributed by atoms with Gasteiger partial charge in [-0.2, -0.15) is 0 Å². The van der Waals surface area contributed by atoms with Crippen LogP contribution in [0.4, 0.5) is 10.1 Å². The fourth-order valence-corrected chi connectivity index (χ4v) is 3.21. The van der Waals surface area contributed by atoms with Crippen LogP contribution in [0.5, 0.6) is 0 Å². The summed E-state index contributed by atoms with van der Waals surface area (Å²) >= 11 is 0. The number of halogens is 1. The molecular weight excluding hydrogens is 279 g/mol. The topological polar surface area (TPSA) is 25.4 Å². The molecule has 0 radical (unpaired) electrons. The Hall–Kier alpha value is -1.68. The third-order valence-electron chi connectivity index (χ3n) is 4.41. The molecule has 2 aromatic rings. The Morgan fingerprint density at radius 1 is 1.32 bits per heavy atom. The minimum absolute atomic E-state index is 0.242. The van der Waals surface area contributed by atoms with Crippen LogP contribution in [-0.4, -0.2) is 31.3 Å². The summed E-state index contributed by atoms with van der Waals surface area (Å²) in [5.41, 5.74) is 2.45. The van der Waals surface area contributed by atoms with Gasteiger partial charge in [0.2, 0.25) is 0 Å². The van der Waals surface area contributed by atoms with E-state index in [1.54, 1.807) is 6.07 Å². The predicted molar refractivity (Wildman–Crippen MR) is 87.9 cm³/mol. The van der Waals surface area contributed by atoms with Gasteiger partial charge in [-0.25, -0.2) is 9.37 Å². The second kappa shape index (κ2) is 6.61. The molecule has 0 bridgehead atoms. The number of nitrogens with zero attached hydrogens (tertiary/aromatic N) is 2. The van der Waals surface area contributed by atoms with Crippen molar-refractivity contribution in [2.45, 2.75) is 26.7 Å². The molecule has 3 rings (SSSR count). The van der Waals surface area contributed by atoms with E-state index in [2.05, 4.69) is 16.0 Å². The van der Waals surface area contributed by atoms with Crippen molar-refractivity contribution in [3.63, 3.8) is 0 Å². The molecule has 0 N–H and O–H groups in total. The monoisotopic (exact) mass is 302 g/mol. The van der Waals surface area contributed by atoms with Crippen molar-refractivity contribution in [2.24, 2.45) is 5.92 Å². The number of para-hydroxylation sites is 1. The number of aryl methyl sites for hydroxylation is 1. The first-order valence-corrected chi connectivity index (χ1v) is 8.07. The molecule has 4 heteroatoms. The number of aromatic nitrogens is 1. The van der Waals surface area contributed by atoms with Crippen molar-refractivity contribution in [3.8, 4) is 0 Å². The summed E-state index contributed by atoms with van der Waals surface area (Å²) in [5, 5.41) is 0.911. The summed E-state index contributed by atoms with van der Waals surface area (Å²) in [7, 11) is 0. The highest BCUT2D eigenvalue weighted by Gasteiger charge is 2.21. The first kappa shape index (κ1) is 15.2. The van der Waals surface area contributed by atoms with Crippen LogP contribution in [0.1, 0.15) is 25.5 Å². The number of benzene rings is 1. The van der Waals surface area contributed by atoms with E-state index in [-0.39, 0.29) is 5.82 Å². The van der Waals surface area contributed by atoms with Crippen LogP contribution in [0, 0.1) is 18.7 Å². The van der Waals surface area contributed by atoms with Gasteiger partial charge >= 0.3 is 0 Å². The Labute approximate surface area is 131 Å². The van der Waals surface area contributed by atoms with Crippen molar-refractivity contribution in [2.75, 3.05) is 31.2 Å². The summed E-state index contributed by atoms with van der Waals surface area (Å²) in [6.07, 6.45) is 2.25. The third kappa shape index (κ3) is 3.07. The van der Waals surface area contributed by atoms with Crippen molar-refractivity contribution in [1.82, 2.24) is 4.98 Å². The lowest BCUT2D eigenvalue weighted by Gasteiger charge is -2.34. The molecule has 0 amide bonds. The van der Waals surface area contributed by atoms with Gasteiger partial charge in [0.1, 0.15) is 11.3 Å². The Kier molecular flexibility index (Phi) is 4.57. The molecule has 1 aliphatic rings. The molecule has 0 saturated carbocycles. The smallest absolute Gasteiger partial charge is 0.149 e. The van der Waals surface area contributed by atoms with E-state index in [0.29, 0.717) is 11.4 Å². The summed E-state index contributed by atoms with van der Waals surface area (Å²) < 4.78 is 19.6. The molecule has 2 heterocycles. The van der Waals surface area contributed by atoms with Crippen molar-refractivity contribution >= 4 is 16.6 Å². The molecule has 0 unspecified atom stereocenters. The highest BCUT2D eigenvalue weighted by atomic mass is 19.1. The van der Waals surface area contributed by atoms with Gasteiger partial charge in [0.05, 0.1) is 0 Å². The Morgan fingerprint density at radius 3 is 2.82 bits per heavy atom. The van der Waals surface area contributed by atoms with Crippen LogP contribution in [0.15, 0.2) is 24.3 Å². The minimum atomic E-state index is -0.242. The first-order chi connectivity index (χ1) is 10.7. The maximum atomic E-state index is 14.0.